The standard InChI is InChI=1S/C20H22N4O2/c1-16(24-15-21-14-23-24)19(25)22-13-20(26,18-10-6-3-7-11-18)12-17-8-4-2-5-9-17/h2-11,14-16,26H,12-13H2,1H3,(H,22,25)/t16-,20+/m1/s1. The van der Waals surface area contributed by atoms with Gasteiger partial charge >= 0.3 is 0 Å². The highest BCUT2D eigenvalue weighted by molar-refractivity contribution is 5.79. The van der Waals surface area contributed by atoms with Gasteiger partial charge in [-0.05, 0) is 18.1 Å². The minimum Gasteiger partial charge on any atom is -0.383 e. The van der Waals surface area contributed by atoms with Gasteiger partial charge in [0.15, 0.2) is 0 Å². The van der Waals surface area contributed by atoms with Crippen LogP contribution in [0.4, 0.5) is 0 Å². The van der Waals surface area contributed by atoms with Gasteiger partial charge in [0.25, 0.3) is 0 Å². The zero-order valence-electron chi connectivity index (χ0n) is 14.6. The molecule has 1 amide bonds. The van der Waals surface area contributed by atoms with E-state index in [1.807, 2.05) is 60.7 Å². The quantitative estimate of drug-likeness (QED) is 0.684. The molecule has 3 rings (SSSR count). The Labute approximate surface area is 152 Å². The average molecular weight is 350 g/mol. The van der Waals surface area contributed by atoms with Crippen LogP contribution in [0.1, 0.15) is 24.1 Å². The zero-order chi connectivity index (χ0) is 18.4. The maximum atomic E-state index is 12.5. The number of aromatic nitrogens is 3. The molecule has 2 N–H and O–H groups in total. The van der Waals surface area contributed by atoms with Gasteiger partial charge in [-0.2, -0.15) is 5.10 Å². The van der Waals surface area contributed by atoms with Crippen molar-refractivity contribution in [1.82, 2.24) is 20.1 Å². The number of benzene rings is 2. The van der Waals surface area contributed by atoms with Crippen molar-refractivity contribution in [3.8, 4) is 0 Å². The van der Waals surface area contributed by atoms with Gasteiger partial charge in [0.2, 0.25) is 5.91 Å². The highest BCUT2D eigenvalue weighted by atomic mass is 16.3. The topological polar surface area (TPSA) is 80.0 Å². The molecule has 0 bridgehead atoms. The summed E-state index contributed by atoms with van der Waals surface area (Å²) in [5.41, 5.74) is 0.551. The van der Waals surface area contributed by atoms with Gasteiger partial charge in [-0.15, -0.1) is 0 Å². The molecule has 2 aromatic carbocycles. The number of hydrogen-bond acceptors (Lipinski definition) is 4. The second-order valence-electron chi connectivity index (χ2n) is 6.33. The van der Waals surface area contributed by atoms with Crippen molar-refractivity contribution in [3.63, 3.8) is 0 Å². The molecule has 0 aliphatic carbocycles. The van der Waals surface area contributed by atoms with Gasteiger partial charge in [0.1, 0.15) is 24.3 Å². The molecule has 3 aromatic rings. The number of hydrogen-bond donors (Lipinski definition) is 2. The monoisotopic (exact) mass is 350 g/mol. The Bertz CT molecular complexity index is 822. The summed E-state index contributed by atoms with van der Waals surface area (Å²) in [5.74, 6) is -0.224. The first-order chi connectivity index (χ1) is 12.6. The van der Waals surface area contributed by atoms with Crippen LogP contribution in [0.2, 0.25) is 0 Å². The number of rotatable bonds is 7. The minimum atomic E-state index is -1.21. The summed E-state index contributed by atoms with van der Waals surface area (Å²) in [5, 5.41) is 18.2. The van der Waals surface area contributed by atoms with Gasteiger partial charge in [-0.25, -0.2) is 9.67 Å². The Morgan fingerprint density at radius 3 is 2.42 bits per heavy atom. The van der Waals surface area contributed by atoms with E-state index in [4.69, 9.17) is 0 Å². The molecule has 134 valence electrons. The zero-order valence-corrected chi connectivity index (χ0v) is 14.6. The van der Waals surface area contributed by atoms with Crippen molar-refractivity contribution in [2.24, 2.45) is 0 Å². The summed E-state index contributed by atoms with van der Waals surface area (Å²) in [6.07, 6.45) is 3.28. The molecule has 6 heteroatoms. The van der Waals surface area contributed by atoms with E-state index in [9.17, 15) is 9.90 Å². The highest BCUT2D eigenvalue weighted by Gasteiger charge is 2.31. The van der Waals surface area contributed by atoms with Crippen LogP contribution in [-0.2, 0) is 16.8 Å². The molecule has 26 heavy (non-hydrogen) atoms. The summed E-state index contributed by atoms with van der Waals surface area (Å²) in [6.45, 7) is 1.84. The van der Waals surface area contributed by atoms with Crippen LogP contribution in [0.25, 0.3) is 0 Å². The van der Waals surface area contributed by atoms with E-state index in [2.05, 4.69) is 15.4 Å². The molecular formula is C20H22N4O2. The lowest BCUT2D eigenvalue weighted by Crippen LogP contribution is -2.44. The second kappa shape index (κ2) is 7.93. The van der Waals surface area contributed by atoms with E-state index in [1.165, 1.54) is 17.3 Å². The Kier molecular flexibility index (Phi) is 5.43. The summed E-state index contributed by atoms with van der Waals surface area (Å²) in [4.78, 5) is 16.3. The fraction of sp³-hybridized carbons (Fsp3) is 0.250. The molecule has 0 aliphatic heterocycles. The Hall–Kier alpha value is -2.99. The third-order valence-corrected chi connectivity index (χ3v) is 4.42. The lowest BCUT2D eigenvalue weighted by Gasteiger charge is -2.30. The molecule has 0 spiro atoms. The fourth-order valence-corrected chi connectivity index (χ4v) is 2.87. The number of aliphatic hydroxyl groups is 1. The van der Waals surface area contributed by atoms with E-state index < -0.39 is 11.6 Å². The van der Waals surface area contributed by atoms with Crippen LogP contribution in [-0.4, -0.2) is 32.3 Å². The molecule has 6 nitrogen and oxygen atoms in total. The minimum absolute atomic E-state index is 0.101. The van der Waals surface area contributed by atoms with E-state index >= 15 is 0 Å². The average Bonchev–Trinajstić information content (AvgIpc) is 3.22. The van der Waals surface area contributed by atoms with Crippen molar-refractivity contribution in [3.05, 3.63) is 84.4 Å². The van der Waals surface area contributed by atoms with Crippen molar-refractivity contribution < 1.29 is 9.90 Å². The second-order valence-corrected chi connectivity index (χ2v) is 6.33. The maximum Gasteiger partial charge on any atom is 0.244 e. The summed E-state index contributed by atoms with van der Waals surface area (Å²) in [7, 11) is 0. The molecule has 0 radical (unpaired) electrons. The van der Waals surface area contributed by atoms with Gasteiger partial charge in [-0.3, -0.25) is 4.79 Å². The SMILES string of the molecule is C[C@H](C(=O)NC[C@@](O)(Cc1ccccc1)c1ccccc1)n1cncn1. The third kappa shape index (κ3) is 4.15. The molecule has 2 atom stereocenters. The molecule has 0 fully saturated rings. The third-order valence-electron chi connectivity index (χ3n) is 4.42. The van der Waals surface area contributed by atoms with Gasteiger partial charge in [0.05, 0.1) is 6.54 Å². The van der Waals surface area contributed by atoms with Crippen molar-refractivity contribution in [2.75, 3.05) is 6.54 Å². The molecule has 1 aromatic heterocycles. The van der Waals surface area contributed by atoms with Gasteiger partial charge in [0, 0.05) is 6.42 Å². The number of nitrogens with zero attached hydrogens (tertiary/aromatic N) is 3. The van der Waals surface area contributed by atoms with Crippen LogP contribution in [0.5, 0.6) is 0 Å². The van der Waals surface area contributed by atoms with Crippen molar-refractivity contribution in [1.29, 1.82) is 0 Å². The normalized spacial score (nSPS) is 14.4. The van der Waals surface area contributed by atoms with Gasteiger partial charge in [-0.1, -0.05) is 60.7 Å². The molecule has 0 aliphatic rings. The Balaban J connectivity index is 1.77. The Morgan fingerprint density at radius 2 is 1.81 bits per heavy atom. The van der Waals surface area contributed by atoms with Crippen LogP contribution in [0, 0.1) is 0 Å². The lowest BCUT2D eigenvalue weighted by atomic mass is 9.87. The van der Waals surface area contributed by atoms with E-state index in [1.54, 1.807) is 6.92 Å². The molecule has 0 saturated carbocycles. The molecular weight excluding hydrogens is 328 g/mol. The summed E-state index contributed by atoms with van der Waals surface area (Å²) >= 11 is 0. The predicted molar refractivity (Wildman–Crippen MR) is 98.2 cm³/mol. The first-order valence-corrected chi connectivity index (χ1v) is 8.52. The van der Waals surface area contributed by atoms with Crippen LogP contribution in [0.3, 0.4) is 0 Å². The predicted octanol–water partition coefficient (Wildman–Crippen LogP) is 2.09. The maximum absolute atomic E-state index is 12.5. The molecule has 0 saturated heterocycles. The number of carbonyl (C=O) groups excluding carboxylic acids is 1. The number of amides is 1. The van der Waals surface area contributed by atoms with E-state index in [-0.39, 0.29) is 12.5 Å². The van der Waals surface area contributed by atoms with Gasteiger partial charge < -0.3 is 10.4 Å². The molecule has 0 unspecified atom stereocenters. The molecule has 1 heterocycles. The largest absolute Gasteiger partial charge is 0.383 e. The Morgan fingerprint density at radius 1 is 1.15 bits per heavy atom. The number of nitrogens with one attached hydrogen (secondary N) is 1. The fourth-order valence-electron chi connectivity index (χ4n) is 2.87. The van der Waals surface area contributed by atoms with Crippen molar-refractivity contribution >= 4 is 5.91 Å². The smallest absolute Gasteiger partial charge is 0.244 e. The van der Waals surface area contributed by atoms with Crippen LogP contribution < -0.4 is 5.32 Å². The number of carbonyl (C=O) groups is 1. The van der Waals surface area contributed by atoms with Crippen LogP contribution >= 0.6 is 0 Å². The lowest BCUT2D eigenvalue weighted by molar-refractivity contribution is -0.125. The summed E-state index contributed by atoms with van der Waals surface area (Å²) < 4.78 is 1.48. The first kappa shape index (κ1) is 17.8. The summed E-state index contributed by atoms with van der Waals surface area (Å²) in [6, 6.07) is 18.6. The first-order valence-electron chi connectivity index (χ1n) is 8.52. The van der Waals surface area contributed by atoms with Crippen LogP contribution in [0.15, 0.2) is 73.3 Å². The van der Waals surface area contributed by atoms with E-state index in [0.717, 1.165) is 11.1 Å². The van der Waals surface area contributed by atoms with E-state index in [0.29, 0.717) is 6.42 Å². The van der Waals surface area contributed by atoms with Crippen molar-refractivity contribution in [2.45, 2.75) is 25.0 Å². The highest BCUT2D eigenvalue weighted by Crippen LogP contribution is 2.25.